The average molecular weight is 301 g/mol. The Labute approximate surface area is 123 Å². The normalized spacial score (nSPS) is 12.2. The van der Waals surface area contributed by atoms with Crippen molar-refractivity contribution >= 4 is 23.5 Å². The molecule has 0 aliphatic rings. The molecular formula is C14H21ClN2O3. The second kappa shape index (κ2) is 7.94. The summed E-state index contributed by atoms with van der Waals surface area (Å²) in [5.74, 6) is -1.36. The lowest BCUT2D eigenvalue weighted by molar-refractivity contribution is -0.141. The number of carboxylic acids is 1. The minimum atomic E-state index is -0.806. The standard InChI is InChI=1S/C14H21ClN2O3/c1-3-7-17-9-11(15)8-12(17)13(18)16-6-4-5-10(2)14(19)20/h8-10H,3-7H2,1-2H3,(H,16,18)(H,19,20). The third-order valence-electron chi connectivity index (χ3n) is 3.08. The SMILES string of the molecule is CCCn1cc(Cl)cc1C(=O)NCCCC(C)C(=O)O. The van der Waals surface area contributed by atoms with E-state index in [2.05, 4.69) is 5.32 Å². The van der Waals surface area contributed by atoms with Crippen molar-refractivity contribution in [1.82, 2.24) is 9.88 Å². The van der Waals surface area contributed by atoms with Crippen molar-refractivity contribution in [2.45, 2.75) is 39.7 Å². The van der Waals surface area contributed by atoms with Crippen molar-refractivity contribution in [2.75, 3.05) is 6.54 Å². The maximum absolute atomic E-state index is 12.0. The fraction of sp³-hybridized carbons (Fsp3) is 0.571. The summed E-state index contributed by atoms with van der Waals surface area (Å²) >= 11 is 5.92. The number of rotatable bonds is 8. The molecule has 1 amide bonds. The highest BCUT2D eigenvalue weighted by atomic mass is 35.5. The van der Waals surface area contributed by atoms with Crippen molar-refractivity contribution in [1.29, 1.82) is 0 Å². The highest BCUT2D eigenvalue weighted by molar-refractivity contribution is 6.31. The zero-order chi connectivity index (χ0) is 15.1. The fourth-order valence-electron chi connectivity index (χ4n) is 1.92. The quantitative estimate of drug-likeness (QED) is 0.725. The number of carboxylic acid groups (broad SMARTS) is 1. The molecule has 0 saturated carbocycles. The van der Waals surface area contributed by atoms with E-state index in [0.717, 1.165) is 13.0 Å². The molecule has 0 bridgehead atoms. The van der Waals surface area contributed by atoms with Gasteiger partial charge in [0.15, 0.2) is 0 Å². The Morgan fingerprint density at radius 3 is 2.80 bits per heavy atom. The summed E-state index contributed by atoms with van der Waals surface area (Å²) < 4.78 is 1.83. The van der Waals surface area contributed by atoms with Gasteiger partial charge in [-0.15, -0.1) is 0 Å². The molecule has 1 rings (SSSR count). The predicted molar refractivity (Wildman–Crippen MR) is 78.1 cm³/mol. The first-order chi connectivity index (χ1) is 9.45. The molecule has 0 radical (unpaired) electrons. The molecule has 6 heteroatoms. The van der Waals surface area contributed by atoms with Gasteiger partial charge in [-0.05, 0) is 25.3 Å². The molecule has 1 aromatic rings. The zero-order valence-corrected chi connectivity index (χ0v) is 12.6. The molecule has 1 unspecified atom stereocenters. The predicted octanol–water partition coefficient (Wildman–Crippen LogP) is 2.78. The first kappa shape index (κ1) is 16.6. The minimum Gasteiger partial charge on any atom is -0.481 e. The van der Waals surface area contributed by atoms with E-state index in [1.54, 1.807) is 19.2 Å². The third kappa shape index (κ3) is 4.89. The lowest BCUT2D eigenvalue weighted by atomic mass is 10.1. The van der Waals surface area contributed by atoms with E-state index in [9.17, 15) is 9.59 Å². The lowest BCUT2D eigenvalue weighted by Gasteiger charge is -2.09. The average Bonchev–Trinajstić information content (AvgIpc) is 2.75. The monoisotopic (exact) mass is 300 g/mol. The molecule has 0 aliphatic heterocycles. The molecule has 1 atom stereocenters. The molecule has 20 heavy (non-hydrogen) atoms. The maximum atomic E-state index is 12.0. The van der Waals surface area contributed by atoms with Crippen LogP contribution in [-0.4, -0.2) is 28.1 Å². The van der Waals surface area contributed by atoms with Crippen molar-refractivity contribution in [2.24, 2.45) is 5.92 Å². The van der Waals surface area contributed by atoms with Gasteiger partial charge in [0.05, 0.1) is 10.9 Å². The van der Waals surface area contributed by atoms with Crippen LogP contribution >= 0.6 is 11.6 Å². The van der Waals surface area contributed by atoms with Crippen LogP contribution in [0.25, 0.3) is 0 Å². The maximum Gasteiger partial charge on any atom is 0.306 e. The van der Waals surface area contributed by atoms with Crippen molar-refractivity contribution in [3.63, 3.8) is 0 Å². The smallest absolute Gasteiger partial charge is 0.306 e. The van der Waals surface area contributed by atoms with Gasteiger partial charge >= 0.3 is 5.97 Å². The molecule has 0 saturated heterocycles. The molecule has 1 heterocycles. The van der Waals surface area contributed by atoms with Crippen molar-refractivity contribution < 1.29 is 14.7 Å². The van der Waals surface area contributed by atoms with E-state index in [-0.39, 0.29) is 11.8 Å². The third-order valence-corrected chi connectivity index (χ3v) is 3.29. The number of halogens is 1. The van der Waals surface area contributed by atoms with Crippen LogP contribution in [-0.2, 0) is 11.3 Å². The first-order valence-electron chi connectivity index (χ1n) is 6.82. The number of aliphatic carboxylic acids is 1. The van der Waals surface area contributed by atoms with Crippen LogP contribution in [0.15, 0.2) is 12.3 Å². The highest BCUT2D eigenvalue weighted by Crippen LogP contribution is 2.14. The van der Waals surface area contributed by atoms with Crippen LogP contribution in [0, 0.1) is 5.92 Å². The van der Waals surface area contributed by atoms with E-state index in [1.807, 2.05) is 11.5 Å². The van der Waals surface area contributed by atoms with Crippen LogP contribution in [0.1, 0.15) is 43.6 Å². The number of aromatic nitrogens is 1. The molecule has 0 aromatic carbocycles. The topological polar surface area (TPSA) is 71.3 Å². The van der Waals surface area contributed by atoms with Gasteiger partial charge in [-0.2, -0.15) is 0 Å². The number of amides is 1. The van der Waals surface area contributed by atoms with Crippen LogP contribution in [0.3, 0.4) is 0 Å². The summed E-state index contributed by atoms with van der Waals surface area (Å²) in [6, 6.07) is 1.65. The van der Waals surface area contributed by atoms with Gasteiger partial charge in [-0.1, -0.05) is 25.4 Å². The van der Waals surface area contributed by atoms with Crippen LogP contribution < -0.4 is 5.32 Å². The first-order valence-corrected chi connectivity index (χ1v) is 7.20. The number of carbonyl (C=O) groups is 2. The molecule has 112 valence electrons. The Balaban J connectivity index is 2.45. The van der Waals surface area contributed by atoms with Gasteiger partial charge in [0.25, 0.3) is 5.91 Å². The lowest BCUT2D eigenvalue weighted by Crippen LogP contribution is -2.27. The fourth-order valence-corrected chi connectivity index (χ4v) is 2.14. The van der Waals surface area contributed by atoms with Gasteiger partial charge in [-0.25, -0.2) is 0 Å². The van der Waals surface area contributed by atoms with E-state index in [0.29, 0.717) is 30.1 Å². The van der Waals surface area contributed by atoms with Gasteiger partial charge < -0.3 is 15.0 Å². The minimum absolute atomic E-state index is 0.173. The summed E-state index contributed by atoms with van der Waals surface area (Å²) in [5, 5.41) is 12.1. The Kier molecular flexibility index (Phi) is 6.58. The van der Waals surface area contributed by atoms with E-state index in [1.165, 1.54) is 0 Å². The Hall–Kier alpha value is -1.49. The highest BCUT2D eigenvalue weighted by Gasteiger charge is 2.13. The molecule has 1 aromatic heterocycles. The Bertz CT molecular complexity index is 471. The molecule has 0 aliphatic carbocycles. The van der Waals surface area contributed by atoms with E-state index < -0.39 is 5.97 Å². The van der Waals surface area contributed by atoms with Crippen LogP contribution in [0.4, 0.5) is 0 Å². The summed E-state index contributed by atoms with van der Waals surface area (Å²) in [4.78, 5) is 22.7. The van der Waals surface area contributed by atoms with Gasteiger partial charge in [0.1, 0.15) is 5.69 Å². The molecular weight excluding hydrogens is 280 g/mol. The summed E-state index contributed by atoms with van der Waals surface area (Å²) in [6.45, 7) is 4.90. The van der Waals surface area contributed by atoms with Crippen molar-refractivity contribution in [3.8, 4) is 0 Å². The van der Waals surface area contributed by atoms with Crippen LogP contribution in [0.2, 0.25) is 5.02 Å². The van der Waals surface area contributed by atoms with Gasteiger partial charge in [-0.3, -0.25) is 9.59 Å². The summed E-state index contributed by atoms with van der Waals surface area (Å²) in [5.41, 5.74) is 0.545. The number of hydrogen-bond donors (Lipinski definition) is 2. The van der Waals surface area contributed by atoms with Crippen molar-refractivity contribution in [3.05, 3.63) is 23.0 Å². The number of aryl methyl sites for hydroxylation is 1. The van der Waals surface area contributed by atoms with Gasteiger partial charge in [0, 0.05) is 19.3 Å². The number of nitrogens with zero attached hydrogens (tertiary/aromatic N) is 1. The molecule has 0 fully saturated rings. The Morgan fingerprint density at radius 2 is 2.20 bits per heavy atom. The molecule has 0 spiro atoms. The number of hydrogen-bond acceptors (Lipinski definition) is 2. The summed E-state index contributed by atoms with van der Waals surface area (Å²) in [6.07, 6.45) is 3.85. The zero-order valence-electron chi connectivity index (χ0n) is 11.9. The summed E-state index contributed by atoms with van der Waals surface area (Å²) in [7, 11) is 0. The van der Waals surface area contributed by atoms with E-state index >= 15 is 0 Å². The molecule has 5 nitrogen and oxygen atoms in total. The second-order valence-corrected chi connectivity index (χ2v) is 5.31. The van der Waals surface area contributed by atoms with Gasteiger partial charge in [0.2, 0.25) is 0 Å². The van der Waals surface area contributed by atoms with E-state index in [4.69, 9.17) is 16.7 Å². The largest absolute Gasteiger partial charge is 0.481 e. The second-order valence-electron chi connectivity index (χ2n) is 4.87. The number of carbonyl (C=O) groups excluding carboxylic acids is 1. The molecule has 2 N–H and O–H groups in total. The van der Waals surface area contributed by atoms with Crippen LogP contribution in [0.5, 0.6) is 0 Å². The Morgan fingerprint density at radius 1 is 1.50 bits per heavy atom. The number of nitrogens with one attached hydrogen (secondary N) is 1.